The average molecular weight is 325 g/mol. The Morgan fingerprint density at radius 1 is 1.00 bits per heavy atom. The summed E-state index contributed by atoms with van der Waals surface area (Å²) in [7, 11) is 0. The Hall–Kier alpha value is -1.42. The zero-order valence-corrected chi connectivity index (χ0v) is 12.9. The number of aryl methyl sites for hydroxylation is 1. The van der Waals surface area contributed by atoms with Crippen LogP contribution < -0.4 is 9.47 Å². The van der Waals surface area contributed by atoms with Crippen LogP contribution in [0.3, 0.4) is 0 Å². The van der Waals surface area contributed by atoms with Gasteiger partial charge < -0.3 is 14.6 Å². The molecule has 1 N–H and O–H groups in total. The van der Waals surface area contributed by atoms with E-state index in [1.807, 2.05) is 13.0 Å². The molecule has 1 unspecified atom stereocenters. The van der Waals surface area contributed by atoms with E-state index in [2.05, 4.69) is 0 Å². The fraction of sp³-hybridized carbons (Fsp3) is 0.250. The monoisotopic (exact) mass is 324 g/mol. The molecule has 0 aliphatic carbocycles. The first-order valence-electron chi connectivity index (χ1n) is 6.59. The van der Waals surface area contributed by atoms with E-state index in [-0.39, 0.29) is 0 Å². The van der Waals surface area contributed by atoms with Crippen molar-refractivity contribution in [3.05, 3.63) is 57.1 Å². The molecule has 21 heavy (non-hydrogen) atoms. The van der Waals surface area contributed by atoms with Crippen molar-refractivity contribution in [3.63, 3.8) is 0 Å². The van der Waals surface area contributed by atoms with Crippen molar-refractivity contribution in [2.45, 2.75) is 13.0 Å². The zero-order valence-electron chi connectivity index (χ0n) is 11.4. The Labute approximate surface area is 133 Å². The van der Waals surface area contributed by atoms with E-state index < -0.39 is 6.10 Å². The number of rotatable bonds is 2. The van der Waals surface area contributed by atoms with Crippen molar-refractivity contribution in [1.29, 1.82) is 0 Å². The smallest absolute Gasteiger partial charge is 0.162 e. The van der Waals surface area contributed by atoms with Gasteiger partial charge in [-0.3, -0.25) is 0 Å². The molecular formula is C16H14Cl2O3. The first kappa shape index (κ1) is 14.5. The lowest BCUT2D eigenvalue weighted by atomic mass is 9.97. The number of benzene rings is 2. The molecule has 0 radical (unpaired) electrons. The molecule has 1 aliphatic rings. The topological polar surface area (TPSA) is 38.7 Å². The summed E-state index contributed by atoms with van der Waals surface area (Å²) in [5.74, 6) is 1.20. The highest BCUT2D eigenvalue weighted by Crippen LogP contribution is 2.40. The van der Waals surface area contributed by atoms with Crippen molar-refractivity contribution >= 4 is 23.2 Å². The second-order valence-electron chi connectivity index (χ2n) is 4.92. The van der Waals surface area contributed by atoms with Gasteiger partial charge in [-0.25, -0.2) is 0 Å². The molecule has 3 rings (SSSR count). The highest BCUT2D eigenvalue weighted by molar-refractivity contribution is 6.31. The molecule has 0 fully saturated rings. The number of fused-ring (bicyclic) bond motifs is 1. The standard InChI is InChI=1S/C16H14Cl2O3/c1-9-2-3-10(17)6-11(9)16(19)12-7-14-15(8-13(12)18)21-5-4-20-14/h2-3,6-8,16,19H,4-5H2,1H3. The minimum Gasteiger partial charge on any atom is -0.486 e. The molecule has 2 aromatic carbocycles. The maximum Gasteiger partial charge on any atom is 0.162 e. The summed E-state index contributed by atoms with van der Waals surface area (Å²) in [6.45, 7) is 2.90. The van der Waals surface area contributed by atoms with Crippen LogP contribution in [0, 0.1) is 6.92 Å². The maximum atomic E-state index is 10.6. The van der Waals surface area contributed by atoms with E-state index in [0.717, 1.165) is 11.1 Å². The van der Waals surface area contributed by atoms with Gasteiger partial charge in [0.25, 0.3) is 0 Å². The average Bonchev–Trinajstić information content (AvgIpc) is 2.48. The summed E-state index contributed by atoms with van der Waals surface area (Å²) < 4.78 is 11.0. The number of ether oxygens (including phenoxy) is 2. The minimum absolute atomic E-state index is 0.436. The van der Waals surface area contributed by atoms with E-state index in [1.54, 1.807) is 24.3 Å². The molecule has 1 atom stereocenters. The van der Waals surface area contributed by atoms with Gasteiger partial charge >= 0.3 is 0 Å². The summed E-state index contributed by atoms with van der Waals surface area (Å²) in [6.07, 6.45) is -0.868. The molecule has 0 aromatic heterocycles. The molecule has 3 nitrogen and oxygen atoms in total. The molecule has 0 saturated carbocycles. The lowest BCUT2D eigenvalue weighted by Gasteiger charge is -2.22. The minimum atomic E-state index is -0.868. The van der Waals surface area contributed by atoms with Crippen LogP contribution in [0.15, 0.2) is 30.3 Å². The molecular weight excluding hydrogens is 311 g/mol. The third kappa shape index (κ3) is 2.82. The predicted octanol–water partition coefficient (Wildman–Crippen LogP) is 4.15. The lowest BCUT2D eigenvalue weighted by Crippen LogP contribution is -2.16. The summed E-state index contributed by atoms with van der Waals surface area (Å²) in [4.78, 5) is 0. The highest BCUT2D eigenvalue weighted by atomic mass is 35.5. The molecule has 0 spiro atoms. The summed E-state index contributed by atoms with van der Waals surface area (Å²) in [5, 5.41) is 11.6. The van der Waals surface area contributed by atoms with Gasteiger partial charge in [0.1, 0.15) is 19.3 Å². The zero-order chi connectivity index (χ0) is 15.0. The summed E-state index contributed by atoms with van der Waals surface area (Å²) in [5.41, 5.74) is 2.24. The quantitative estimate of drug-likeness (QED) is 0.901. The van der Waals surface area contributed by atoms with Crippen LogP contribution in [0.4, 0.5) is 0 Å². The number of hydrogen-bond donors (Lipinski definition) is 1. The fourth-order valence-corrected chi connectivity index (χ4v) is 2.80. The van der Waals surface area contributed by atoms with Gasteiger partial charge in [-0.05, 0) is 36.2 Å². The third-order valence-electron chi connectivity index (χ3n) is 3.49. The van der Waals surface area contributed by atoms with Gasteiger partial charge in [0, 0.05) is 16.7 Å². The van der Waals surface area contributed by atoms with Crippen LogP contribution in [-0.2, 0) is 0 Å². The fourth-order valence-electron chi connectivity index (χ4n) is 2.36. The van der Waals surface area contributed by atoms with Crippen LogP contribution in [0.2, 0.25) is 10.0 Å². The Kier molecular flexibility index (Phi) is 3.98. The van der Waals surface area contributed by atoms with E-state index in [9.17, 15) is 5.11 Å². The number of aliphatic hydroxyl groups is 1. The van der Waals surface area contributed by atoms with Crippen LogP contribution >= 0.6 is 23.2 Å². The third-order valence-corrected chi connectivity index (χ3v) is 4.05. The van der Waals surface area contributed by atoms with Gasteiger partial charge in [-0.1, -0.05) is 29.3 Å². The van der Waals surface area contributed by atoms with E-state index in [1.165, 1.54) is 0 Å². The van der Waals surface area contributed by atoms with Crippen molar-refractivity contribution in [2.24, 2.45) is 0 Å². The van der Waals surface area contributed by atoms with E-state index in [0.29, 0.717) is 40.3 Å². The largest absolute Gasteiger partial charge is 0.486 e. The normalized spacial score (nSPS) is 14.9. The Morgan fingerprint density at radius 3 is 2.38 bits per heavy atom. The van der Waals surface area contributed by atoms with Crippen LogP contribution in [-0.4, -0.2) is 18.3 Å². The maximum absolute atomic E-state index is 10.6. The molecule has 2 aromatic rings. The first-order chi connectivity index (χ1) is 10.1. The number of aliphatic hydroxyl groups excluding tert-OH is 1. The number of hydrogen-bond acceptors (Lipinski definition) is 3. The van der Waals surface area contributed by atoms with Gasteiger partial charge in [0.05, 0.1) is 5.02 Å². The molecule has 1 aliphatic heterocycles. The lowest BCUT2D eigenvalue weighted by molar-refractivity contribution is 0.169. The second-order valence-corrected chi connectivity index (χ2v) is 5.76. The van der Waals surface area contributed by atoms with Crippen molar-refractivity contribution < 1.29 is 14.6 Å². The van der Waals surface area contributed by atoms with Gasteiger partial charge in [0.15, 0.2) is 11.5 Å². The molecule has 110 valence electrons. The van der Waals surface area contributed by atoms with Gasteiger partial charge in [-0.2, -0.15) is 0 Å². The van der Waals surface area contributed by atoms with Gasteiger partial charge in [-0.15, -0.1) is 0 Å². The molecule has 0 saturated heterocycles. The summed E-state index contributed by atoms with van der Waals surface area (Å²) >= 11 is 12.3. The van der Waals surface area contributed by atoms with Gasteiger partial charge in [0.2, 0.25) is 0 Å². The second kappa shape index (κ2) is 5.76. The molecule has 0 amide bonds. The first-order valence-corrected chi connectivity index (χ1v) is 7.35. The van der Waals surface area contributed by atoms with Crippen LogP contribution in [0.5, 0.6) is 11.5 Å². The molecule has 0 bridgehead atoms. The molecule has 5 heteroatoms. The van der Waals surface area contributed by atoms with Crippen molar-refractivity contribution in [2.75, 3.05) is 13.2 Å². The van der Waals surface area contributed by atoms with E-state index in [4.69, 9.17) is 32.7 Å². The van der Waals surface area contributed by atoms with Crippen LogP contribution in [0.25, 0.3) is 0 Å². The Bertz CT molecular complexity index is 685. The number of halogens is 2. The summed E-state index contributed by atoms with van der Waals surface area (Å²) in [6, 6.07) is 8.80. The van der Waals surface area contributed by atoms with Crippen LogP contribution in [0.1, 0.15) is 22.8 Å². The molecule has 1 heterocycles. The SMILES string of the molecule is Cc1ccc(Cl)cc1C(O)c1cc2c(cc1Cl)OCCO2. The van der Waals surface area contributed by atoms with E-state index >= 15 is 0 Å². The predicted molar refractivity (Wildman–Crippen MR) is 82.7 cm³/mol. The van der Waals surface area contributed by atoms with Crippen molar-refractivity contribution in [3.8, 4) is 11.5 Å². The van der Waals surface area contributed by atoms with Crippen molar-refractivity contribution in [1.82, 2.24) is 0 Å². The Balaban J connectivity index is 2.05. The Morgan fingerprint density at radius 2 is 1.67 bits per heavy atom. The highest BCUT2D eigenvalue weighted by Gasteiger charge is 2.21.